The van der Waals surface area contributed by atoms with Crippen LogP contribution < -0.4 is 10.6 Å². The number of carbonyl (C=O) groups is 1. The third-order valence-electron chi connectivity index (χ3n) is 4.97. The number of hydrogen-bond acceptors (Lipinski definition) is 4. The number of guanidine groups is 1. The highest BCUT2D eigenvalue weighted by atomic mass is 16.2. The van der Waals surface area contributed by atoms with Crippen molar-refractivity contribution < 1.29 is 4.79 Å². The van der Waals surface area contributed by atoms with Crippen LogP contribution in [0.5, 0.6) is 0 Å². The molecule has 1 aromatic heterocycles. The molecule has 0 spiro atoms. The smallest absolute Gasteiger partial charge is 0.276 e. The first-order valence-electron chi connectivity index (χ1n) is 8.99. The van der Waals surface area contributed by atoms with E-state index in [1.165, 1.54) is 25.7 Å². The van der Waals surface area contributed by atoms with Crippen molar-refractivity contribution in [3.05, 3.63) is 35.7 Å². The van der Waals surface area contributed by atoms with E-state index in [0.29, 0.717) is 17.7 Å². The Balaban J connectivity index is 1.52. The van der Waals surface area contributed by atoms with Crippen molar-refractivity contribution in [3.8, 4) is 0 Å². The number of benzene rings is 1. The van der Waals surface area contributed by atoms with E-state index < -0.39 is 0 Å². The number of rotatable bonds is 2. The summed E-state index contributed by atoms with van der Waals surface area (Å²) in [6.45, 7) is 0. The minimum atomic E-state index is -0.151. The normalized spacial score (nSPS) is 20.6. The van der Waals surface area contributed by atoms with Gasteiger partial charge in [0.1, 0.15) is 5.70 Å². The van der Waals surface area contributed by atoms with Gasteiger partial charge in [0.05, 0.1) is 11.7 Å². The van der Waals surface area contributed by atoms with E-state index in [4.69, 9.17) is 0 Å². The average Bonchev–Trinajstić information content (AvgIpc) is 3.01. The van der Waals surface area contributed by atoms with Gasteiger partial charge in [0.25, 0.3) is 5.91 Å². The Labute approximate surface area is 147 Å². The van der Waals surface area contributed by atoms with Crippen molar-refractivity contribution in [2.75, 3.05) is 0 Å². The van der Waals surface area contributed by atoms with Crippen LogP contribution in [0.15, 0.2) is 35.1 Å². The quantitative estimate of drug-likeness (QED) is 0.654. The van der Waals surface area contributed by atoms with Gasteiger partial charge in [0, 0.05) is 18.5 Å². The van der Waals surface area contributed by atoms with Crippen LogP contribution in [0.2, 0.25) is 0 Å². The first-order valence-corrected chi connectivity index (χ1v) is 8.99. The Morgan fingerprint density at radius 2 is 2.04 bits per heavy atom. The third kappa shape index (κ3) is 3.43. The molecule has 2 heterocycles. The lowest BCUT2D eigenvalue weighted by molar-refractivity contribution is -0.115. The standard InChI is InChI=1S/C19H23N5O/c1-24-17-9-8-13(10-14(17)12-20-24)11-16-18(25)23-19(22-16)21-15-6-4-2-3-5-7-15/h8-12,15H,2-7H2,1H3,(H2,21,22,23,25)/b16-11-. The van der Waals surface area contributed by atoms with Crippen LogP contribution in [0.4, 0.5) is 0 Å². The van der Waals surface area contributed by atoms with Crippen LogP contribution >= 0.6 is 0 Å². The second kappa shape index (κ2) is 6.70. The molecule has 0 unspecified atom stereocenters. The fourth-order valence-corrected chi connectivity index (χ4v) is 3.58. The number of amides is 1. The number of fused-ring (bicyclic) bond motifs is 1. The number of nitrogens with one attached hydrogen (secondary N) is 2. The summed E-state index contributed by atoms with van der Waals surface area (Å²) >= 11 is 0. The summed E-state index contributed by atoms with van der Waals surface area (Å²) < 4.78 is 1.83. The van der Waals surface area contributed by atoms with Crippen LogP contribution in [0.3, 0.4) is 0 Å². The fraction of sp³-hybridized carbons (Fsp3) is 0.421. The first kappa shape index (κ1) is 15.9. The van der Waals surface area contributed by atoms with E-state index in [1.807, 2.05) is 42.2 Å². The molecule has 2 aliphatic rings. The topological polar surface area (TPSA) is 71.3 Å². The molecule has 2 N–H and O–H groups in total. The Morgan fingerprint density at radius 3 is 2.84 bits per heavy atom. The molecule has 1 aliphatic heterocycles. The monoisotopic (exact) mass is 337 g/mol. The third-order valence-corrected chi connectivity index (χ3v) is 4.97. The van der Waals surface area contributed by atoms with E-state index in [2.05, 4.69) is 20.7 Å². The lowest BCUT2D eigenvalue weighted by Crippen LogP contribution is -2.42. The van der Waals surface area contributed by atoms with Crippen LogP contribution in [-0.4, -0.2) is 27.7 Å². The summed E-state index contributed by atoms with van der Waals surface area (Å²) in [5.41, 5.74) is 2.46. The Bertz CT molecular complexity index is 856. The minimum Gasteiger partial charge on any atom is -0.353 e. The van der Waals surface area contributed by atoms with Crippen LogP contribution in [0.25, 0.3) is 17.0 Å². The molecule has 1 saturated carbocycles. The van der Waals surface area contributed by atoms with Gasteiger partial charge >= 0.3 is 0 Å². The van der Waals surface area contributed by atoms with Gasteiger partial charge in [-0.3, -0.25) is 14.8 Å². The molecule has 4 rings (SSSR count). The van der Waals surface area contributed by atoms with Crippen LogP contribution in [-0.2, 0) is 11.8 Å². The number of aryl methyl sites for hydroxylation is 1. The molecule has 2 aromatic rings. The van der Waals surface area contributed by atoms with E-state index in [0.717, 1.165) is 29.3 Å². The van der Waals surface area contributed by atoms with Crippen molar-refractivity contribution >= 4 is 28.8 Å². The van der Waals surface area contributed by atoms with E-state index in [-0.39, 0.29) is 5.91 Å². The molecule has 0 bridgehead atoms. The van der Waals surface area contributed by atoms with Gasteiger partial charge < -0.3 is 5.32 Å². The second-order valence-corrected chi connectivity index (χ2v) is 6.86. The highest BCUT2D eigenvalue weighted by Gasteiger charge is 2.22. The molecular weight excluding hydrogens is 314 g/mol. The second-order valence-electron chi connectivity index (χ2n) is 6.86. The highest BCUT2D eigenvalue weighted by molar-refractivity contribution is 6.13. The van der Waals surface area contributed by atoms with Gasteiger partial charge in [-0.1, -0.05) is 31.7 Å². The van der Waals surface area contributed by atoms with Gasteiger partial charge in [0.2, 0.25) is 5.96 Å². The van der Waals surface area contributed by atoms with Gasteiger partial charge in [-0.25, -0.2) is 4.99 Å². The van der Waals surface area contributed by atoms with Crippen LogP contribution in [0, 0.1) is 0 Å². The highest BCUT2D eigenvalue weighted by Crippen LogP contribution is 2.20. The van der Waals surface area contributed by atoms with Crippen LogP contribution in [0.1, 0.15) is 44.1 Å². The summed E-state index contributed by atoms with van der Waals surface area (Å²) in [6, 6.07) is 6.43. The molecule has 6 heteroatoms. The predicted octanol–water partition coefficient (Wildman–Crippen LogP) is 2.71. The average molecular weight is 337 g/mol. The molecule has 6 nitrogen and oxygen atoms in total. The van der Waals surface area contributed by atoms with E-state index in [1.54, 1.807) is 0 Å². The lowest BCUT2D eigenvalue weighted by atomic mass is 10.1. The van der Waals surface area contributed by atoms with Gasteiger partial charge in [-0.05, 0) is 36.6 Å². The zero-order chi connectivity index (χ0) is 17.2. The van der Waals surface area contributed by atoms with E-state index >= 15 is 0 Å². The zero-order valence-electron chi connectivity index (χ0n) is 14.5. The zero-order valence-corrected chi connectivity index (χ0v) is 14.5. The molecule has 0 atom stereocenters. The molecule has 130 valence electrons. The van der Waals surface area contributed by atoms with Gasteiger partial charge in [-0.2, -0.15) is 5.10 Å². The first-order chi connectivity index (χ1) is 12.2. The minimum absolute atomic E-state index is 0.151. The van der Waals surface area contributed by atoms with Crippen molar-refractivity contribution in [1.82, 2.24) is 20.4 Å². The Kier molecular flexibility index (Phi) is 4.26. The van der Waals surface area contributed by atoms with Gasteiger partial charge in [0.15, 0.2) is 0 Å². The maximum Gasteiger partial charge on any atom is 0.276 e. The summed E-state index contributed by atoms with van der Waals surface area (Å²) in [7, 11) is 1.92. The molecular formula is C19H23N5O. The number of carbonyl (C=O) groups excluding carboxylic acids is 1. The number of hydrogen-bond donors (Lipinski definition) is 2. The van der Waals surface area contributed by atoms with Crippen molar-refractivity contribution in [3.63, 3.8) is 0 Å². The largest absolute Gasteiger partial charge is 0.353 e. The van der Waals surface area contributed by atoms with E-state index in [9.17, 15) is 4.79 Å². The van der Waals surface area contributed by atoms with Gasteiger partial charge in [-0.15, -0.1) is 0 Å². The summed E-state index contributed by atoms with van der Waals surface area (Å²) in [6.07, 6.45) is 11.0. The summed E-state index contributed by atoms with van der Waals surface area (Å²) in [5.74, 6) is 0.438. The molecule has 0 radical (unpaired) electrons. The Hall–Kier alpha value is -2.63. The summed E-state index contributed by atoms with van der Waals surface area (Å²) in [5, 5.41) is 11.5. The predicted molar refractivity (Wildman–Crippen MR) is 98.9 cm³/mol. The Morgan fingerprint density at radius 1 is 1.24 bits per heavy atom. The molecule has 1 aliphatic carbocycles. The fourth-order valence-electron chi connectivity index (χ4n) is 3.58. The molecule has 0 saturated heterocycles. The summed E-state index contributed by atoms with van der Waals surface area (Å²) in [4.78, 5) is 16.7. The number of nitrogens with zero attached hydrogens (tertiary/aromatic N) is 3. The molecule has 1 amide bonds. The lowest BCUT2D eigenvalue weighted by Gasteiger charge is -2.16. The van der Waals surface area contributed by atoms with Crippen molar-refractivity contribution in [2.45, 2.75) is 44.6 Å². The maximum absolute atomic E-state index is 12.2. The maximum atomic E-state index is 12.2. The van der Waals surface area contributed by atoms with Crippen molar-refractivity contribution in [2.24, 2.45) is 12.0 Å². The molecule has 1 aromatic carbocycles. The number of aliphatic imine (C=N–C) groups is 1. The van der Waals surface area contributed by atoms with Crippen molar-refractivity contribution in [1.29, 1.82) is 0 Å². The number of aromatic nitrogens is 2. The SMILES string of the molecule is Cn1ncc2cc(/C=C3\N=C(NC4CCCCCC4)NC3=O)ccc21. The molecule has 1 fully saturated rings. The molecule has 25 heavy (non-hydrogen) atoms.